The van der Waals surface area contributed by atoms with Crippen LogP contribution in [0, 0.1) is 0 Å². The Balaban J connectivity index is 1.36. The zero-order valence-electron chi connectivity index (χ0n) is 18.6. The molecule has 0 saturated carbocycles. The first-order valence-corrected chi connectivity index (χ1v) is 11.3. The predicted molar refractivity (Wildman–Crippen MR) is 129 cm³/mol. The van der Waals surface area contributed by atoms with Gasteiger partial charge in [0.15, 0.2) is 5.78 Å². The largest absolute Gasteiger partial charge is 0.383 e. The standard InChI is InChI=1S/C27H27N3O3/c1-33-15-14-30-16-22(18-8-3-2-4-9-18)24(17-30)29-27(32)28-23-13-7-12-21-25(23)19-10-5-6-11-20(19)26(21)31/h2-13,22,24H,14-17H2,1H3,(H2,28,29,32)/t22-,24+/m0/s1. The third kappa shape index (κ3) is 4.15. The highest BCUT2D eigenvalue weighted by atomic mass is 16.5. The summed E-state index contributed by atoms with van der Waals surface area (Å²) in [6.07, 6.45) is 0. The first-order chi connectivity index (χ1) is 16.2. The van der Waals surface area contributed by atoms with Crippen molar-refractivity contribution in [2.45, 2.75) is 12.0 Å². The second kappa shape index (κ2) is 9.17. The van der Waals surface area contributed by atoms with Gasteiger partial charge >= 0.3 is 6.03 Å². The number of carbonyl (C=O) groups is 2. The summed E-state index contributed by atoms with van der Waals surface area (Å²) in [6, 6.07) is 23.0. The van der Waals surface area contributed by atoms with Crippen molar-refractivity contribution in [3.8, 4) is 11.1 Å². The fraction of sp³-hybridized carbons (Fsp3) is 0.259. The second-order valence-electron chi connectivity index (χ2n) is 8.58. The second-order valence-corrected chi connectivity index (χ2v) is 8.58. The molecule has 6 heteroatoms. The molecule has 2 atom stereocenters. The highest BCUT2D eigenvalue weighted by Crippen LogP contribution is 2.41. The molecule has 168 valence electrons. The van der Waals surface area contributed by atoms with Gasteiger partial charge in [-0.15, -0.1) is 0 Å². The lowest BCUT2D eigenvalue weighted by atomic mass is 9.94. The summed E-state index contributed by atoms with van der Waals surface area (Å²) in [5, 5.41) is 6.21. The predicted octanol–water partition coefficient (Wildman–Crippen LogP) is 4.13. The minimum atomic E-state index is -0.264. The fourth-order valence-corrected chi connectivity index (χ4v) is 4.98. The number of hydrogen-bond donors (Lipinski definition) is 2. The number of ketones is 1. The molecule has 0 aromatic heterocycles. The Bertz CT molecular complexity index is 1180. The molecule has 0 spiro atoms. The van der Waals surface area contributed by atoms with Crippen molar-refractivity contribution in [1.29, 1.82) is 0 Å². The van der Waals surface area contributed by atoms with Gasteiger partial charge in [0.25, 0.3) is 0 Å². The summed E-state index contributed by atoms with van der Waals surface area (Å²) in [5.74, 6) is 0.191. The van der Waals surface area contributed by atoms with Crippen LogP contribution in [0.4, 0.5) is 10.5 Å². The molecule has 0 radical (unpaired) electrons. The van der Waals surface area contributed by atoms with E-state index in [9.17, 15) is 9.59 Å². The summed E-state index contributed by atoms with van der Waals surface area (Å²) in [6.45, 7) is 3.10. The van der Waals surface area contributed by atoms with E-state index in [2.05, 4.69) is 27.7 Å². The number of likely N-dealkylation sites (tertiary alicyclic amines) is 1. The van der Waals surface area contributed by atoms with E-state index in [1.165, 1.54) is 5.56 Å². The zero-order chi connectivity index (χ0) is 22.8. The molecule has 6 nitrogen and oxygen atoms in total. The van der Waals surface area contributed by atoms with Crippen LogP contribution in [0.1, 0.15) is 27.4 Å². The number of rotatable bonds is 6. The third-order valence-corrected chi connectivity index (χ3v) is 6.55. The van der Waals surface area contributed by atoms with Crippen LogP contribution in [-0.4, -0.2) is 56.1 Å². The van der Waals surface area contributed by atoms with E-state index in [-0.39, 0.29) is 23.8 Å². The molecule has 0 bridgehead atoms. The van der Waals surface area contributed by atoms with Gasteiger partial charge in [0.2, 0.25) is 0 Å². The van der Waals surface area contributed by atoms with E-state index in [1.54, 1.807) is 7.11 Å². The molecule has 3 aromatic rings. The molecule has 2 aliphatic rings. The van der Waals surface area contributed by atoms with Gasteiger partial charge < -0.3 is 15.4 Å². The van der Waals surface area contributed by atoms with E-state index in [4.69, 9.17) is 4.74 Å². The molecule has 1 heterocycles. The lowest BCUT2D eigenvalue weighted by molar-refractivity contribution is 0.104. The molecule has 1 saturated heterocycles. The Hall–Kier alpha value is -3.48. The summed E-state index contributed by atoms with van der Waals surface area (Å²) in [4.78, 5) is 28.2. The lowest BCUT2D eigenvalue weighted by Crippen LogP contribution is -2.42. The van der Waals surface area contributed by atoms with E-state index in [1.807, 2.05) is 60.7 Å². The number of carbonyl (C=O) groups excluding carboxylic acids is 2. The Morgan fingerprint density at radius 1 is 0.939 bits per heavy atom. The molecule has 1 aliphatic carbocycles. The first kappa shape index (κ1) is 21.4. The maximum absolute atomic E-state index is 13.1. The van der Waals surface area contributed by atoms with Crippen molar-refractivity contribution in [3.05, 3.63) is 89.5 Å². The number of amides is 2. The molecule has 1 aliphatic heterocycles. The molecule has 3 aromatic carbocycles. The highest BCUT2D eigenvalue weighted by Gasteiger charge is 2.35. The molecular formula is C27H27N3O3. The molecule has 1 fully saturated rings. The summed E-state index contributed by atoms with van der Waals surface area (Å²) < 4.78 is 5.25. The van der Waals surface area contributed by atoms with Crippen molar-refractivity contribution < 1.29 is 14.3 Å². The number of hydrogen-bond acceptors (Lipinski definition) is 4. The average molecular weight is 442 g/mol. The highest BCUT2D eigenvalue weighted by molar-refractivity contribution is 6.24. The number of fused-ring (bicyclic) bond motifs is 3. The fourth-order valence-electron chi connectivity index (χ4n) is 4.98. The lowest BCUT2D eigenvalue weighted by Gasteiger charge is -2.21. The molecule has 5 rings (SSSR count). The van der Waals surface area contributed by atoms with Crippen molar-refractivity contribution in [2.75, 3.05) is 38.7 Å². The number of nitrogens with zero attached hydrogens (tertiary/aromatic N) is 1. The zero-order valence-corrected chi connectivity index (χ0v) is 18.6. The Labute approximate surface area is 193 Å². The van der Waals surface area contributed by atoms with Crippen LogP contribution < -0.4 is 10.6 Å². The van der Waals surface area contributed by atoms with Gasteiger partial charge in [-0.3, -0.25) is 9.69 Å². The van der Waals surface area contributed by atoms with Crippen LogP contribution in [0.3, 0.4) is 0 Å². The number of nitrogens with one attached hydrogen (secondary N) is 2. The number of methoxy groups -OCH3 is 1. The minimum Gasteiger partial charge on any atom is -0.383 e. The summed E-state index contributed by atoms with van der Waals surface area (Å²) in [5.41, 5.74) is 4.82. The molecule has 2 N–H and O–H groups in total. The Kier molecular flexibility index (Phi) is 5.94. The van der Waals surface area contributed by atoms with E-state index in [0.29, 0.717) is 23.4 Å². The normalized spacial score (nSPS) is 19.2. The Morgan fingerprint density at radius 3 is 2.45 bits per heavy atom. The van der Waals surface area contributed by atoms with Crippen LogP contribution in [0.2, 0.25) is 0 Å². The monoisotopic (exact) mass is 441 g/mol. The van der Waals surface area contributed by atoms with Crippen LogP contribution >= 0.6 is 0 Å². The van der Waals surface area contributed by atoms with Gasteiger partial charge in [-0.2, -0.15) is 0 Å². The smallest absolute Gasteiger partial charge is 0.319 e. The summed E-state index contributed by atoms with van der Waals surface area (Å²) in [7, 11) is 1.70. The number of benzene rings is 3. The maximum atomic E-state index is 13.1. The van der Waals surface area contributed by atoms with Crippen LogP contribution in [0.25, 0.3) is 11.1 Å². The van der Waals surface area contributed by atoms with Crippen molar-refractivity contribution in [2.24, 2.45) is 0 Å². The molecular weight excluding hydrogens is 414 g/mol. The van der Waals surface area contributed by atoms with Gasteiger partial charge in [0.1, 0.15) is 0 Å². The van der Waals surface area contributed by atoms with Gasteiger partial charge in [0, 0.05) is 49.4 Å². The average Bonchev–Trinajstić information content (AvgIpc) is 3.37. The van der Waals surface area contributed by atoms with E-state index < -0.39 is 0 Å². The third-order valence-electron chi connectivity index (χ3n) is 6.55. The van der Waals surface area contributed by atoms with E-state index >= 15 is 0 Å². The van der Waals surface area contributed by atoms with Gasteiger partial charge in [-0.05, 0) is 17.2 Å². The molecule has 0 unspecified atom stereocenters. The van der Waals surface area contributed by atoms with Gasteiger partial charge in [0.05, 0.1) is 18.3 Å². The number of urea groups is 1. The topological polar surface area (TPSA) is 70.7 Å². The SMILES string of the molecule is COCCN1C[C@@H](NC(=O)Nc2cccc3c2-c2ccccc2C3=O)[C@H](c2ccccc2)C1. The van der Waals surface area contributed by atoms with E-state index in [0.717, 1.165) is 30.8 Å². The van der Waals surface area contributed by atoms with Gasteiger partial charge in [-0.1, -0.05) is 66.7 Å². The quantitative estimate of drug-likeness (QED) is 0.472. The van der Waals surface area contributed by atoms with Crippen LogP contribution in [-0.2, 0) is 4.74 Å². The maximum Gasteiger partial charge on any atom is 0.319 e. The van der Waals surface area contributed by atoms with Crippen molar-refractivity contribution >= 4 is 17.5 Å². The first-order valence-electron chi connectivity index (χ1n) is 11.3. The van der Waals surface area contributed by atoms with Crippen molar-refractivity contribution in [1.82, 2.24) is 10.2 Å². The number of ether oxygens (including phenoxy) is 1. The number of anilines is 1. The summed E-state index contributed by atoms with van der Waals surface area (Å²) >= 11 is 0. The Morgan fingerprint density at radius 2 is 1.67 bits per heavy atom. The van der Waals surface area contributed by atoms with Gasteiger partial charge in [-0.25, -0.2) is 4.79 Å². The minimum absolute atomic E-state index is 0.00150. The van der Waals surface area contributed by atoms with Crippen LogP contribution in [0.15, 0.2) is 72.8 Å². The molecule has 2 amide bonds. The van der Waals surface area contributed by atoms with Crippen molar-refractivity contribution in [3.63, 3.8) is 0 Å². The van der Waals surface area contributed by atoms with Crippen LogP contribution in [0.5, 0.6) is 0 Å². The molecule has 33 heavy (non-hydrogen) atoms.